The van der Waals surface area contributed by atoms with E-state index >= 15 is 0 Å². The van der Waals surface area contributed by atoms with Gasteiger partial charge in [-0.3, -0.25) is 0 Å². The molecule has 0 radical (unpaired) electrons. The first-order valence-corrected chi connectivity index (χ1v) is 5.89. The predicted molar refractivity (Wildman–Crippen MR) is 61.5 cm³/mol. The molecule has 1 unspecified atom stereocenters. The number of hydrogen-bond acceptors (Lipinski definition) is 2. The summed E-state index contributed by atoms with van der Waals surface area (Å²) in [6.07, 6.45) is 9.03. The minimum Gasteiger partial charge on any atom is -0.347 e. The second-order valence-corrected chi connectivity index (χ2v) is 5.24. The Labute approximate surface area is 91.7 Å². The Morgan fingerprint density at radius 2 is 2.40 bits per heavy atom. The summed E-state index contributed by atoms with van der Waals surface area (Å²) in [5.41, 5.74) is 1.62. The number of rotatable bonds is 3. The van der Waals surface area contributed by atoms with Gasteiger partial charge in [0.15, 0.2) is 0 Å². The molecule has 1 atom stereocenters. The van der Waals surface area contributed by atoms with Gasteiger partial charge in [0.25, 0.3) is 0 Å². The predicted octanol–water partition coefficient (Wildman–Crippen LogP) is 2.47. The van der Waals surface area contributed by atoms with Crippen LogP contribution in [0.15, 0.2) is 12.5 Å². The van der Waals surface area contributed by atoms with Crippen molar-refractivity contribution in [3.8, 4) is 0 Å². The van der Waals surface area contributed by atoms with Crippen LogP contribution in [0.2, 0.25) is 0 Å². The molecule has 3 nitrogen and oxygen atoms in total. The third-order valence-corrected chi connectivity index (χ3v) is 3.60. The standard InChI is InChI=1S/C12H21N3/c1-12(2)6-4-3-5-11(12)14-8-10-7-13-9-15-10/h7,9,11,14H,3-6,8H2,1-2H3,(H,13,15). The van der Waals surface area contributed by atoms with Crippen LogP contribution in [0, 0.1) is 5.41 Å². The number of imidazole rings is 1. The molecule has 1 fully saturated rings. The molecule has 0 amide bonds. The Balaban J connectivity index is 1.88. The maximum absolute atomic E-state index is 4.03. The van der Waals surface area contributed by atoms with Crippen molar-refractivity contribution >= 4 is 0 Å². The summed E-state index contributed by atoms with van der Waals surface area (Å²) >= 11 is 0. The minimum absolute atomic E-state index is 0.443. The number of hydrogen-bond donors (Lipinski definition) is 2. The zero-order valence-electron chi connectivity index (χ0n) is 9.71. The highest BCUT2D eigenvalue weighted by Crippen LogP contribution is 2.35. The molecule has 0 aliphatic heterocycles. The van der Waals surface area contributed by atoms with Crippen molar-refractivity contribution in [1.29, 1.82) is 0 Å². The van der Waals surface area contributed by atoms with Crippen molar-refractivity contribution in [3.63, 3.8) is 0 Å². The highest BCUT2D eigenvalue weighted by Gasteiger charge is 2.31. The summed E-state index contributed by atoms with van der Waals surface area (Å²) in [6.45, 7) is 5.65. The summed E-state index contributed by atoms with van der Waals surface area (Å²) < 4.78 is 0. The van der Waals surface area contributed by atoms with Crippen LogP contribution in [-0.4, -0.2) is 16.0 Å². The van der Waals surface area contributed by atoms with Crippen LogP contribution in [0.25, 0.3) is 0 Å². The van der Waals surface area contributed by atoms with Crippen molar-refractivity contribution in [1.82, 2.24) is 15.3 Å². The lowest BCUT2D eigenvalue weighted by Gasteiger charge is -2.39. The number of aromatic amines is 1. The molecule has 15 heavy (non-hydrogen) atoms. The summed E-state index contributed by atoms with van der Waals surface area (Å²) in [7, 11) is 0. The fraction of sp³-hybridized carbons (Fsp3) is 0.750. The van der Waals surface area contributed by atoms with E-state index in [0.717, 1.165) is 6.54 Å². The third-order valence-electron chi connectivity index (χ3n) is 3.60. The summed E-state index contributed by atoms with van der Waals surface area (Å²) in [4.78, 5) is 7.16. The maximum atomic E-state index is 4.03. The molecule has 1 aromatic heterocycles. The lowest BCUT2D eigenvalue weighted by atomic mass is 9.73. The summed E-state index contributed by atoms with van der Waals surface area (Å²) in [5, 5.41) is 3.64. The van der Waals surface area contributed by atoms with Gasteiger partial charge in [-0.25, -0.2) is 4.98 Å². The van der Waals surface area contributed by atoms with Gasteiger partial charge in [0.05, 0.1) is 6.33 Å². The number of nitrogens with one attached hydrogen (secondary N) is 2. The van der Waals surface area contributed by atoms with Crippen LogP contribution < -0.4 is 5.32 Å². The van der Waals surface area contributed by atoms with E-state index in [2.05, 4.69) is 29.1 Å². The lowest BCUT2D eigenvalue weighted by Crippen LogP contribution is -2.43. The van der Waals surface area contributed by atoms with Crippen LogP contribution in [0.3, 0.4) is 0 Å². The molecule has 1 heterocycles. The van der Waals surface area contributed by atoms with Gasteiger partial charge >= 0.3 is 0 Å². The largest absolute Gasteiger partial charge is 0.347 e. The molecular weight excluding hydrogens is 186 g/mol. The van der Waals surface area contributed by atoms with Gasteiger partial charge in [0, 0.05) is 24.5 Å². The van der Waals surface area contributed by atoms with Crippen LogP contribution in [-0.2, 0) is 6.54 Å². The van der Waals surface area contributed by atoms with E-state index in [9.17, 15) is 0 Å². The van der Waals surface area contributed by atoms with Crippen molar-refractivity contribution in [2.24, 2.45) is 5.41 Å². The molecule has 3 heteroatoms. The average molecular weight is 207 g/mol. The van der Waals surface area contributed by atoms with Crippen LogP contribution in [0.4, 0.5) is 0 Å². The van der Waals surface area contributed by atoms with E-state index in [1.54, 1.807) is 6.33 Å². The summed E-state index contributed by atoms with van der Waals surface area (Å²) in [5.74, 6) is 0. The fourth-order valence-electron chi connectivity index (χ4n) is 2.49. The van der Waals surface area contributed by atoms with E-state index in [4.69, 9.17) is 0 Å². The van der Waals surface area contributed by atoms with Crippen molar-refractivity contribution in [2.45, 2.75) is 52.1 Å². The van der Waals surface area contributed by atoms with Gasteiger partial charge in [-0.1, -0.05) is 26.7 Å². The van der Waals surface area contributed by atoms with E-state index in [1.165, 1.54) is 31.4 Å². The van der Waals surface area contributed by atoms with Crippen LogP contribution in [0.5, 0.6) is 0 Å². The first-order valence-electron chi connectivity index (χ1n) is 5.89. The molecule has 0 spiro atoms. The Hall–Kier alpha value is -0.830. The molecule has 1 saturated carbocycles. The first-order chi connectivity index (χ1) is 7.18. The minimum atomic E-state index is 0.443. The second-order valence-electron chi connectivity index (χ2n) is 5.24. The van der Waals surface area contributed by atoms with Crippen molar-refractivity contribution in [2.75, 3.05) is 0 Å². The van der Waals surface area contributed by atoms with Crippen LogP contribution >= 0.6 is 0 Å². The van der Waals surface area contributed by atoms with Crippen molar-refractivity contribution < 1.29 is 0 Å². The van der Waals surface area contributed by atoms with Gasteiger partial charge < -0.3 is 10.3 Å². The monoisotopic (exact) mass is 207 g/mol. The highest BCUT2D eigenvalue weighted by molar-refractivity contribution is 4.96. The van der Waals surface area contributed by atoms with Gasteiger partial charge in [0.2, 0.25) is 0 Å². The molecule has 2 N–H and O–H groups in total. The molecule has 0 saturated heterocycles. The number of aromatic nitrogens is 2. The molecule has 0 bridgehead atoms. The molecule has 2 rings (SSSR count). The van der Waals surface area contributed by atoms with E-state index in [1.807, 2.05) is 6.20 Å². The quantitative estimate of drug-likeness (QED) is 0.799. The smallest absolute Gasteiger partial charge is 0.0922 e. The zero-order valence-corrected chi connectivity index (χ0v) is 9.71. The van der Waals surface area contributed by atoms with Gasteiger partial charge in [-0.2, -0.15) is 0 Å². The Kier molecular flexibility index (Phi) is 3.10. The molecular formula is C12H21N3. The molecule has 0 aromatic carbocycles. The highest BCUT2D eigenvalue weighted by atomic mass is 15.0. The molecule has 84 valence electrons. The Morgan fingerprint density at radius 1 is 1.53 bits per heavy atom. The van der Waals surface area contributed by atoms with Crippen molar-refractivity contribution in [3.05, 3.63) is 18.2 Å². The van der Waals surface area contributed by atoms with E-state index in [-0.39, 0.29) is 0 Å². The Bertz CT molecular complexity index is 290. The normalized spacial score (nSPS) is 25.3. The third kappa shape index (κ3) is 2.59. The van der Waals surface area contributed by atoms with Gasteiger partial charge in [-0.15, -0.1) is 0 Å². The number of nitrogens with zero attached hydrogens (tertiary/aromatic N) is 1. The van der Waals surface area contributed by atoms with Gasteiger partial charge in [-0.05, 0) is 18.3 Å². The molecule has 1 aliphatic carbocycles. The Morgan fingerprint density at radius 3 is 3.07 bits per heavy atom. The SMILES string of the molecule is CC1(C)CCCCC1NCc1cnc[nH]1. The first kappa shape index (κ1) is 10.7. The maximum Gasteiger partial charge on any atom is 0.0922 e. The zero-order chi connectivity index (χ0) is 10.7. The fourth-order valence-corrected chi connectivity index (χ4v) is 2.49. The van der Waals surface area contributed by atoms with E-state index < -0.39 is 0 Å². The molecule has 1 aromatic rings. The molecule has 1 aliphatic rings. The van der Waals surface area contributed by atoms with Crippen LogP contribution in [0.1, 0.15) is 45.2 Å². The topological polar surface area (TPSA) is 40.7 Å². The average Bonchev–Trinajstić information content (AvgIpc) is 2.68. The summed E-state index contributed by atoms with van der Waals surface area (Å²) in [6, 6.07) is 0.648. The lowest BCUT2D eigenvalue weighted by molar-refractivity contribution is 0.166. The van der Waals surface area contributed by atoms with Gasteiger partial charge in [0.1, 0.15) is 0 Å². The number of H-pyrrole nitrogens is 1. The van der Waals surface area contributed by atoms with E-state index in [0.29, 0.717) is 11.5 Å². The second kappa shape index (κ2) is 4.35.